The number of rotatable bonds is 4. The van der Waals surface area contributed by atoms with E-state index in [9.17, 15) is 9.18 Å². The van der Waals surface area contributed by atoms with Gasteiger partial charge in [0.1, 0.15) is 5.82 Å². The lowest BCUT2D eigenvalue weighted by Gasteiger charge is -2.25. The second kappa shape index (κ2) is 7.54. The monoisotopic (exact) mass is 364 g/mol. The summed E-state index contributed by atoms with van der Waals surface area (Å²) in [6.45, 7) is 2.88. The quantitative estimate of drug-likeness (QED) is 0.837. The molecule has 3 rings (SSSR count). The molecule has 1 aromatic carbocycles. The van der Waals surface area contributed by atoms with Gasteiger partial charge in [-0.3, -0.25) is 9.48 Å². The highest BCUT2D eigenvalue weighted by molar-refractivity contribution is 6.31. The third-order valence-electron chi connectivity index (χ3n) is 4.51. The largest absolute Gasteiger partial charge is 0.332 e. The van der Waals surface area contributed by atoms with Gasteiger partial charge in [0.2, 0.25) is 0 Å². The second-order valence-corrected chi connectivity index (χ2v) is 7.18. The molecule has 1 aliphatic rings. The Morgan fingerprint density at radius 3 is 2.88 bits per heavy atom. The van der Waals surface area contributed by atoms with Gasteiger partial charge in [-0.25, -0.2) is 4.39 Å². The lowest BCUT2D eigenvalue weighted by atomic mass is 10.0. The van der Waals surface area contributed by atoms with Gasteiger partial charge in [0.15, 0.2) is 0 Å². The lowest BCUT2D eigenvalue weighted by Crippen LogP contribution is -2.34. The van der Waals surface area contributed by atoms with Gasteiger partial charge < -0.3 is 9.80 Å². The molecule has 0 saturated heterocycles. The van der Waals surface area contributed by atoms with E-state index in [1.165, 1.54) is 18.2 Å². The minimum atomic E-state index is -0.518. The normalized spacial score (nSPS) is 17.5. The highest BCUT2D eigenvalue weighted by Gasteiger charge is 2.26. The van der Waals surface area contributed by atoms with E-state index in [4.69, 9.17) is 11.6 Å². The third-order valence-corrected chi connectivity index (χ3v) is 4.80. The van der Waals surface area contributed by atoms with Crippen molar-refractivity contribution in [3.05, 3.63) is 52.6 Å². The highest BCUT2D eigenvalue weighted by Crippen LogP contribution is 2.22. The first-order valence-corrected chi connectivity index (χ1v) is 8.71. The molecular formula is C18H22ClFN4O. The van der Waals surface area contributed by atoms with Crippen molar-refractivity contribution in [2.75, 3.05) is 27.2 Å². The van der Waals surface area contributed by atoms with E-state index >= 15 is 0 Å². The Kier molecular flexibility index (Phi) is 5.39. The van der Waals surface area contributed by atoms with Crippen LogP contribution in [0.4, 0.5) is 4.39 Å². The number of carbonyl (C=O) groups is 1. The average Bonchev–Trinajstić information content (AvgIpc) is 2.92. The predicted molar refractivity (Wildman–Crippen MR) is 95.0 cm³/mol. The van der Waals surface area contributed by atoms with Crippen LogP contribution in [0.15, 0.2) is 30.5 Å². The summed E-state index contributed by atoms with van der Waals surface area (Å²) in [5, 5.41) is 4.35. The summed E-state index contributed by atoms with van der Waals surface area (Å²) in [5.74, 6) is -0.342. The van der Waals surface area contributed by atoms with Crippen LogP contribution in [0.2, 0.25) is 5.02 Å². The van der Waals surface area contributed by atoms with E-state index in [2.05, 4.69) is 10.00 Å². The summed E-state index contributed by atoms with van der Waals surface area (Å²) in [5.41, 5.74) is 1.42. The smallest absolute Gasteiger partial charge is 0.254 e. The van der Waals surface area contributed by atoms with Gasteiger partial charge in [0.25, 0.3) is 5.91 Å². The molecule has 1 amide bonds. The second-order valence-electron chi connectivity index (χ2n) is 6.78. The maximum Gasteiger partial charge on any atom is 0.254 e. The molecule has 5 nitrogen and oxygen atoms in total. The van der Waals surface area contributed by atoms with Gasteiger partial charge in [-0.2, -0.15) is 5.10 Å². The van der Waals surface area contributed by atoms with Gasteiger partial charge in [-0.15, -0.1) is 0 Å². The molecule has 0 aliphatic carbocycles. The summed E-state index contributed by atoms with van der Waals surface area (Å²) >= 11 is 5.84. The van der Waals surface area contributed by atoms with Crippen molar-refractivity contribution in [1.82, 2.24) is 19.6 Å². The van der Waals surface area contributed by atoms with Crippen LogP contribution < -0.4 is 0 Å². The van der Waals surface area contributed by atoms with E-state index in [0.29, 0.717) is 24.6 Å². The molecule has 0 saturated carbocycles. The van der Waals surface area contributed by atoms with Gasteiger partial charge in [-0.05, 0) is 57.2 Å². The Balaban J connectivity index is 1.83. The summed E-state index contributed by atoms with van der Waals surface area (Å²) in [6, 6.07) is 6.06. The lowest BCUT2D eigenvalue weighted by molar-refractivity contribution is 0.0716. The van der Waals surface area contributed by atoms with Crippen LogP contribution in [0.25, 0.3) is 0 Å². The molecule has 1 aliphatic heterocycles. The van der Waals surface area contributed by atoms with Crippen LogP contribution in [0, 0.1) is 11.7 Å². The molecule has 0 spiro atoms. The maximum absolute atomic E-state index is 13.4. The highest BCUT2D eigenvalue weighted by atomic mass is 35.5. The number of amides is 1. The first-order valence-electron chi connectivity index (χ1n) is 8.34. The number of aromatic nitrogens is 2. The van der Waals surface area contributed by atoms with Gasteiger partial charge in [0.05, 0.1) is 17.3 Å². The fourth-order valence-corrected chi connectivity index (χ4v) is 3.30. The Hall–Kier alpha value is -1.92. The molecule has 0 N–H and O–H groups in total. The van der Waals surface area contributed by atoms with Crippen LogP contribution in [0.3, 0.4) is 0 Å². The molecule has 0 fully saturated rings. The molecular weight excluding hydrogens is 343 g/mol. The average molecular weight is 365 g/mol. The summed E-state index contributed by atoms with van der Waals surface area (Å²) in [6.07, 6.45) is 2.74. The van der Waals surface area contributed by atoms with Crippen LogP contribution >= 0.6 is 11.6 Å². The van der Waals surface area contributed by atoms with Crippen molar-refractivity contribution >= 4 is 17.5 Å². The van der Waals surface area contributed by atoms with Crippen LogP contribution in [-0.2, 0) is 13.1 Å². The zero-order valence-electron chi connectivity index (χ0n) is 14.5. The van der Waals surface area contributed by atoms with Gasteiger partial charge in [-0.1, -0.05) is 11.6 Å². The molecule has 25 heavy (non-hydrogen) atoms. The number of hydrogen-bond donors (Lipinski definition) is 0. The molecule has 2 aromatic rings. The van der Waals surface area contributed by atoms with Crippen molar-refractivity contribution in [1.29, 1.82) is 0 Å². The molecule has 1 unspecified atom stereocenters. The zero-order chi connectivity index (χ0) is 18.0. The summed E-state index contributed by atoms with van der Waals surface area (Å²) < 4.78 is 15.4. The molecule has 1 atom stereocenters. The van der Waals surface area contributed by atoms with Crippen LogP contribution in [0.1, 0.15) is 22.5 Å². The minimum absolute atomic E-state index is 0.0325. The first kappa shape index (κ1) is 17.9. The molecule has 7 heteroatoms. The minimum Gasteiger partial charge on any atom is -0.332 e. The molecule has 0 bridgehead atoms. The van der Waals surface area contributed by atoms with Crippen molar-refractivity contribution in [3.63, 3.8) is 0 Å². The fourth-order valence-electron chi connectivity index (χ4n) is 3.12. The van der Waals surface area contributed by atoms with Gasteiger partial charge in [0, 0.05) is 24.8 Å². The predicted octanol–water partition coefficient (Wildman–Crippen LogP) is 2.90. The molecule has 134 valence electrons. The topological polar surface area (TPSA) is 41.4 Å². The SMILES string of the molecule is CN(C)CCC1CN(C(=O)c2ccc(F)c(Cl)c2)Cc2ccnn2C1. The van der Waals surface area contributed by atoms with E-state index in [0.717, 1.165) is 25.2 Å². The van der Waals surface area contributed by atoms with Crippen molar-refractivity contribution < 1.29 is 9.18 Å². The molecule has 0 radical (unpaired) electrons. The summed E-state index contributed by atoms with van der Waals surface area (Å²) in [4.78, 5) is 16.9. The van der Waals surface area contributed by atoms with Crippen molar-refractivity contribution in [2.24, 2.45) is 5.92 Å². The standard InChI is InChI=1S/C18H22ClFN4O/c1-22(2)8-6-13-10-23(12-15-5-7-21-24(15)11-13)18(25)14-3-4-17(20)16(19)9-14/h3-5,7,9,13H,6,8,10-12H2,1-2H3. The Morgan fingerprint density at radius 2 is 2.16 bits per heavy atom. The van der Waals surface area contributed by atoms with E-state index in [1.54, 1.807) is 6.20 Å². The maximum atomic E-state index is 13.4. The summed E-state index contributed by atoms with van der Waals surface area (Å²) in [7, 11) is 4.08. The number of halogens is 2. The number of hydrogen-bond acceptors (Lipinski definition) is 3. The number of fused-ring (bicyclic) bond motifs is 1. The first-order chi connectivity index (χ1) is 11.9. The van der Waals surface area contributed by atoms with Gasteiger partial charge >= 0.3 is 0 Å². The number of carbonyl (C=O) groups excluding carboxylic acids is 1. The van der Waals surface area contributed by atoms with E-state index < -0.39 is 5.82 Å². The van der Waals surface area contributed by atoms with Crippen molar-refractivity contribution in [3.8, 4) is 0 Å². The van der Waals surface area contributed by atoms with Crippen molar-refractivity contribution in [2.45, 2.75) is 19.5 Å². The number of benzene rings is 1. The Bertz CT molecular complexity index is 761. The fraction of sp³-hybridized carbons (Fsp3) is 0.444. The molecule has 2 heterocycles. The Labute approximate surface area is 152 Å². The van der Waals surface area contributed by atoms with Crippen LogP contribution in [-0.4, -0.2) is 52.7 Å². The molecule has 1 aromatic heterocycles. The van der Waals surface area contributed by atoms with E-state index in [1.807, 2.05) is 29.7 Å². The zero-order valence-corrected chi connectivity index (χ0v) is 15.2. The van der Waals surface area contributed by atoms with E-state index in [-0.39, 0.29) is 10.9 Å². The Morgan fingerprint density at radius 1 is 1.36 bits per heavy atom. The number of nitrogens with zero attached hydrogens (tertiary/aromatic N) is 4. The van der Waals surface area contributed by atoms with Crippen LogP contribution in [0.5, 0.6) is 0 Å². The third kappa shape index (κ3) is 4.19.